The molecule has 18 heavy (non-hydrogen) atoms. The monoisotopic (exact) mass is 247 g/mol. The van der Waals surface area contributed by atoms with Gasteiger partial charge in [-0.15, -0.1) is 0 Å². The lowest BCUT2D eigenvalue weighted by Crippen LogP contribution is -2.14. The van der Waals surface area contributed by atoms with Crippen LogP contribution in [0.4, 0.5) is 4.39 Å². The van der Waals surface area contributed by atoms with Gasteiger partial charge in [0.25, 0.3) is 5.56 Å². The number of nitrogens with one attached hydrogen (secondary N) is 1. The molecule has 0 atom stereocenters. The molecule has 0 bridgehead atoms. The number of hydrogen-bond acceptors (Lipinski definition) is 2. The van der Waals surface area contributed by atoms with Crippen molar-refractivity contribution in [3.8, 4) is 11.1 Å². The highest BCUT2D eigenvalue weighted by Crippen LogP contribution is 2.18. The molecule has 1 aromatic heterocycles. The highest BCUT2D eigenvalue weighted by atomic mass is 19.1. The van der Waals surface area contributed by atoms with Crippen molar-refractivity contribution in [3.05, 3.63) is 58.3 Å². The molecule has 0 saturated carbocycles. The van der Waals surface area contributed by atoms with Crippen molar-refractivity contribution in [1.82, 2.24) is 4.98 Å². The Morgan fingerprint density at radius 2 is 1.89 bits per heavy atom. The molecule has 1 heterocycles. The molecule has 0 aliphatic heterocycles. The summed E-state index contributed by atoms with van der Waals surface area (Å²) in [6.07, 6.45) is -0.271. The number of carboxylic acid groups (broad SMARTS) is 1. The van der Waals surface area contributed by atoms with E-state index in [-0.39, 0.29) is 23.2 Å². The lowest BCUT2D eigenvalue weighted by atomic mass is 10.1. The summed E-state index contributed by atoms with van der Waals surface area (Å²) in [5.74, 6) is -1.53. The first-order valence-electron chi connectivity index (χ1n) is 5.27. The second-order valence-electron chi connectivity index (χ2n) is 3.78. The van der Waals surface area contributed by atoms with Crippen LogP contribution in [0, 0.1) is 5.82 Å². The maximum atomic E-state index is 13.5. The zero-order valence-corrected chi connectivity index (χ0v) is 9.31. The molecular weight excluding hydrogens is 237 g/mol. The van der Waals surface area contributed by atoms with Gasteiger partial charge in [0.05, 0.1) is 6.42 Å². The Kier molecular flexibility index (Phi) is 3.23. The van der Waals surface area contributed by atoms with Gasteiger partial charge in [-0.25, -0.2) is 4.39 Å². The largest absolute Gasteiger partial charge is 0.481 e. The number of benzene rings is 1. The van der Waals surface area contributed by atoms with E-state index in [9.17, 15) is 14.0 Å². The van der Waals surface area contributed by atoms with Crippen molar-refractivity contribution in [3.63, 3.8) is 0 Å². The van der Waals surface area contributed by atoms with Crippen LogP contribution in [0.15, 0.2) is 41.2 Å². The summed E-state index contributed by atoms with van der Waals surface area (Å²) in [4.78, 5) is 24.7. The van der Waals surface area contributed by atoms with Crippen LogP contribution in [0.25, 0.3) is 11.1 Å². The van der Waals surface area contributed by atoms with Gasteiger partial charge < -0.3 is 10.1 Å². The molecule has 0 aliphatic carbocycles. The number of carboxylic acids is 1. The number of aliphatic carboxylic acids is 1. The maximum Gasteiger partial charge on any atom is 0.309 e. The SMILES string of the molecule is O=C(O)Cc1ccc(-c2ccccc2F)c(=O)[nH]1. The van der Waals surface area contributed by atoms with E-state index in [1.165, 1.54) is 30.3 Å². The molecule has 2 N–H and O–H groups in total. The Morgan fingerprint density at radius 3 is 2.50 bits per heavy atom. The number of aromatic nitrogens is 1. The first-order chi connectivity index (χ1) is 8.58. The molecule has 0 amide bonds. The normalized spacial score (nSPS) is 10.3. The number of pyridine rings is 1. The summed E-state index contributed by atoms with van der Waals surface area (Å²) < 4.78 is 13.5. The van der Waals surface area contributed by atoms with Crippen molar-refractivity contribution in [2.45, 2.75) is 6.42 Å². The van der Waals surface area contributed by atoms with Crippen molar-refractivity contribution in [2.24, 2.45) is 0 Å². The molecule has 0 aliphatic rings. The predicted octanol–water partition coefficient (Wildman–Crippen LogP) is 1.81. The molecular formula is C13H10FNO3. The molecule has 0 saturated heterocycles. The highest BCUT2D eigenvalue weighted by molar-refractivity contribution is 5.70. The van der Waals surface area contributed by atoms with Gasteiger partial charge in [-0.05, 0) is 18.2 Å². The van der Waals surface area contributed by atoms with Gasteiger partial charge in [0, 0.05) is 16.8 Å². The van der Waals surface area contributed by atoms with Crippen LogP contribution in [-0.4, -0.2) is 16.1 Å². The first-order valence-corrected chi connectivity index (χ1v) is 5.27. The first kappa shape index (κ1) is 12.0. The third-order valence-electron chi connectivity index (χ3n) is 2.48. The number of hydrogen-bond donors (Lipinski definition) is 2. The number of carbonyl (C=O) groups is 1. The molecule has 92 valence electrons. The summed E-state index contributed by atoms with van der Waals surface area (Å²) in [6.45, 7) is 0. The van der Waals surface area contributed by atoms with E-state index in [2.05, 4.69) is 4.98 Å². The van der Waals surface area contributed by atoms with Gasteiger partial charge in [-0.1, -0.05) is 18.2 Å². The van der Waals surface area contributed by atoms with Gasteiger partial charge in [0.15, 0.2) is 0 Å². The van der Waals surface area contributed by atoms with Crippen LogP contribution >= 0.6 is 0 Å². The second kappa shape index (κ2) is 4.83. The summed E-state index contributed by atoms with van der Waals surface area (Å²) in [7, 11) is 0. The molecule has 2 aromatic rings. The Balaban J connectivity index is 2.46. The molecule has 0 radical (unpaired) electrons. The van der Waals surface area contributed by atoms with Gasteiger partial charge in [0.2, 0.25) is 0 Å². The molecule has 5 heteroatoms. The zero-order valence-electron chi connectivity index (χ0n) is 9.31. The summed E-state index contributed by atoms with van der Waals surface area (Å²) in [6, 6.07) is 8.82. The average Bonchev–Trinajstić information content (AvgIpc) is 2.30. The number of rotatable bonds is 3. The lowest BCUT2D eigenvalue weighted by Gasteiger charge is -2.03. The van der Waals surface area contributed by atoms with Crippen LogP contribution < -0.4 is 5.56 Å². The average molecular weight is 247 g/mol. The van der Waals surface area contributed by atoms with E-state index in [1.54, 1.807) is 6.07 Å². The zero-order chi connectivity index (χ0) is 13.1. The predicted molar refractivity (Wildman–Crippen MR) is 63.8 cm³/mol. The van der Waals surface area contributed by atoms with E-state index in [1.807, 2.05) is 0 Å². The van der Waals surface area contributed by atoms with Crippen LogP contribution in [0.5, 0.6) is 0 Å². The van der Waals surface area contributed by atoms with Crippen LogP contribution in [0.1, 0.15) is 5.69 Å². The van der Waals surface area contributed by atoms with Gasteiger partial charge >= 0.3 is 5.97 Å². The van der Waals surface area contributed by atoms with E-state index in [0.29, 0.717) is 0 Å². The summed E-state index contributed by atoms with van der Waals surface area (Å²) in [5.41, 5.74) is 0.161. The fourth-order valence-electron chi connectivity index (χ4n) is 1.67. The Bertz CT molecular complexity index is 649. The van der Waals surface area contributed by atoms with Crippen molar-refractivity contribution in [2.75, 3.05) is 0 Å². The molecule has 0 fully saturated rings. The fourth-order valence-corrected chi connectivity index (χ4v) is 1.67. The van der Waals surface area contributed by atoms with E-state index >= 15 is 0 Å². The molecule has 1 aromatic carbocycles. The van der Waals surface area contributed by atoms with Gasteiger partial charge in [-0.3, -0.25) is 9.59 Å². The topological polar surface area (TPSA) is 70.2 Å². The molecule has 0 unspecified atom stereocenters. The molecule has 2 rings (SSSR count). The smallest absolute Gasteiger partial charge is 0.309 e. The van der Waals surface area contributed by atoms with Crippen molar-refractivity contribution < 1.29 is 14.3 Å². The van der Waals surface area contributed by atoms with Crippen LogP contribution in [0.3, 0.4) is 0 Å². The third-order valence-corrected chi connectivity index (χ3v) is 2.48. The van der Waals surface area contributed by atoms with E-state index in [0.717, 1.165) is 0 Å². The molecule has 0 spiro atoms. The number of H-pyrrole nitrogens is 1. The quantitative estimate of drug-likeness (QED) is 0.868. The summed E-state index contributed by atoms with van der Waals surface area (Å²) in [5, 5.41) is 8.61. The van der Waals surface area contributed by atoms with E-state index < -0.39 is 17.3 Å². The Hall–Kier alpha value is -2.43. The summed E-state index contributed by atoms with van der Waals surface area (Å²) >= 11 is 0. The van der Waals surface area contributed by atoms with Crippen LogP contribution in [0.2, 0.25) is 0 Å². The van der Waals surface area contributed by atoms with Crippen LogP contribution in [-0.2, 0) is 11.2 Å². The molecule has 4 nitrogen and oxygen atoms in total. The second-order valence-corrected chi connectivity index (χ2v) is 3.78. The standard InChI is InChI=1S/C13H10FNO3/c14-11-4-2-1-3-9(11)10-6-5-8(7-12(16)17)15-13(10)18/h1-6H,7H2,(H,15,18)(H,16,17). The lowest BCUT2D eigenvalue weighted by molar-refractivity contribution is -0.136. The van der Waals surface area contributed by atoms with Crippen molar-refractivity contribution >= 4 is 5.97 Å². The minimum absolute atomic E-state index is 0.183. The third kappa shape index (κ3) is 2.45. The Labute approximate surface area is 102 Å². The van der Waals surface area contributed by atoms with Crippen molar-refractivity contribution in [1.29, 1.82) is 0 Å². The fraction of sp³-hybridized carbons (Fsp3) is 0.0769. The number of halogens is 1. The van der Waals surface area contributed by atoms with Gasteiger partial charge in [-0.2, -0.15) is 0 Å². The Morgan fingerprint density at radius 1 is 1.17 bits per heavy atom. The maximum absolute atomic E-state index is 13.5. The minimum Gasteiger partial charge on any atom is -0.481 e. The van der Waals surface area contributed by atoms with Gasteiger partial charge in [0.1, 0.15) is 5.82 Å². The highest BCUT2D eigenvalue weighted by Gasteiger charge is 2.09. The minimum atomic E-state index is -1.04. The van der Waals surface area contributed by atoms with E-state index in [4.69, 9.17) is 5.11 Å². The number of aromatic amines is 1.